The lowest BCUT2D eigenvalue weighted by atomic mass is 9.93. The number of esters is 1. The van der Waals surface area contributed by atoms with Crippen molar-refractivity contribution < 1.29 is 19.1 Å². The number of rotatable bonds is 6. The molecule has 1 amide bonds. The van der Waals surface area contributed by atoms with E-state index in [0.717, 1.165) is 18.4 Å². The fourth-order valence-corrected chi connectivity index (χ4v) is 3.44. The molecule has 0 unspecified atom stereocenters. The summed E-state index contributed by atoms with van der Waals surface area (Å²) >= 11 is 0. The van der Waals surface area contributed by atoms with Crippen molar-refractivity contribution in [1.29, 1.82) is 5.41 Å². The molecule has 0 radical (unpaired) electrons. The second-order valence-corrected chi connectivity index (χ2v) is 7.12. The van der Waals surface area contributed by atoms with E-state index in [2.05, 4.69) is 9.97 Å². The van der Waals surface area contributed by atoms with E-state index in [0.29, 0.717) is 36.5 Å². The van der Waals surface area contributed by atoms with Gasteiger partial charge in [-0.05, 0) is 18.8 Å². The van der Waals surface area contributed by atoms with Crippen molar-refractivity contribution in [2.75, 3.05) is 27.3 Å². The van der Waals surface area contributed by atoms with E-state index in [4.69, 9.17) is 20.6 Å². The molecule has 158 valence electrons. The second kappa shape index (κ2) is 9.34. The predicted molar refractivity (Wildman–Crippen MR) is 110 cm³/mol. The smallest absolute Gasteiger partial charge is 0.305 e. The molecule has 0 spiro atoms. The molecule has 30 heavy (non-hydrogen) atoms. The van der Waals surface area contributed by atoms with Crippen LogP contribution in [0.5, 0.6) is 5.88 Å². The third-order valence-electron chi connectivity index (χ3n) is 5.22. The number of nitrogen functional groups attached to an aromatic ring is 1. The standard InChI is InChI=1S/C21H25N5O4/c1-29-17(27)11-13-7-9-26(10-8-13)21(28)16-12-24-19(25-20(16)30-2)15-5-3-14(4-6-15)18(22)23/h3-6,12-13H,7-11H2,1-2H3,(H3,22,23). The Morgan fingerprint density at radius 1 is 1.20 bits per heavy atom. The summed E-state index contributed by atoms with van der Waals surface area (Å²) in [7, 11) is 2.85. The maximum Gasteiger partial charge on any atom is 0.305 e. The van der Waals surface area contributed by atoms with Crippen molar-refractivity contribution in [1.82, 2.24) is 14.9 Å². The largest absolute Gasteiger partial charge is 0.480 e. The van der Waals surface area contributed by atoms with E-state index in [1.54, 1.807) is 29.2 Å². The Morgan fingerprint density at radius 2 is 1.87 bits per heavy atom. The van der Waals surface area contributed by atoms with Crippen molar-refractivity contribution in [3.8, 4) is 17.3 Å². The first kappa shape index (κ1) is 21.2. The first-order valence-electron chi connectivity index (χ1n) is 9.65. The molecule has 9 nitrogen and oxygen atoms in total. The fourth-order valence-electron chi connectivity index (χ4n) is 3.44. The number of carbonyl (C=O) groups is 2. The molecule has 0 bridgehead atoms. The van der Waals surface area contributed by atoms with Crippen molar-refractivity contribution >= 4 is 17.7 Å². The van der Waals surface area contributed by atoms with Gasteiger partial charge in [0.2, 0.25) is 5.88 Å². The number of amides is 1. The molecule has 1 aliphatic rings. The number of hydrogen-bond donors (Lipinski definition) is 2. The minimum Gasteiger partial charge on any atom is -0.480 e. The number of likely N-dealkylation sites (tertiary alicyclic amines) is 1. The number of hydrogen-bond acceptors (Lipinski definition) is 7. The molecule has 3 rings (SSSR count). The van der Waals surface area contributed by atoms with Gasteiger partial charge in [0.15, 0.2) is 5.82 Å². The summed E-state index contributed by atoms with van der Waals surface area (Å²) in [6.07, 6.45) is 3.33. The predicted octanol–water partition coefficient (Wildman–Crippen LogP) is 1.85. The molecular weight excluding hydrogens is 386 g/mol. The minimum atomic E-state index is -0.221. The number of nitrogens with zero attached hydrogens (tertiary/aromatic N) is 3. The summed E-state index contributed by atoms with van der Waals surface area (Å²) in [6, 6.07) is 6.95. The molecule has 1 aromatic carbocycles. The van der Waals surface area contributed by atoms with Gasteiger partial charge in [0, 0.05) is 36.8 Å². The van der Waals surface area contributed by atoms with Crippen LogP contribution in [-0.4, -0.2) is 59.9 Å². The van der Waals surface area contributed by atoms with Gasteiger partial charge in [-0.25, -0.2) is 4.98 Å². The van der Waals surface area contributed by atoms with Gasteiger partial charge in [-0.2, -0.15) is 4.98 Å². The monoisotopic (exact) mass is 411 g/mol. The van der Waals surface area contributed by atoms with Crippen molar-refractivity contribution in [3.63, 3.8) is 0 Å². The molecule has 0 saturated carbocycles. The van der Waals surface area contributed by atoms with Gasteiger partial charge in [0.05, 0.1) is 14.2 Å². The van der Waals surface area contributed by atoms with Gasteiger partial charge >= 0.3 is 5.97 Å². The number of amidine groups is 1. The van der Waals surface area contributed by atoms with Crippen LogP contribution in [-0.2, 0) is 9.53 Å². The summed E-state index contributed by atoms with van der Waals surface area (Å²) in [6.45, 7) is 1.11. The lowest BCUT2D eigenvalue weighted by Crippen LogP contribution is -2.39. The van der Waals surface area contributed by atoms with E-state index in [1.165, 1.54) is 20.4 Å². The van der Waals surface area contributed by atoms with Crippen LogP contribution in [0.3, 0.4) is 0 Å². The number of piperidine rings is 1. The number of methoxy groups -OCH3 is 2. The van der Waals surface area contributed by atoms with Crippen molar-refractivity contribution in [2.24, 2.45) is 11.7 Å². The molecule has 2 aromatic rings. The van der Waals surface area contributed by atoms with Crippen LogP contribution < -0.4 is 10.5 Å². The average Bonchev–Trinajstić information content (AvgIpc) is 2.78. The number of nitrogens with two attached hydrogens (primary N) is 1. The van der Waals surface area contributed by atoms with Gasteiger partial charge in [0.1, 0.15) is 11.4 Å². The highest BCUT2D eigenvalue weighted by Crippen LogP contribution is 2.26. The Morgan fingerprint density at radius 3 is 2.43 bits per heavy atom. The van der Waals surface area contributed by atoms with Crippen LogP contribution in [0.25, 0.3) is 11.4 Å². The number of benzene rings is 1. The lowest BCUT2D eigenvalue weighted by molar-refractivity contribution is -0.142. The van der Waals surface area contributed by atoms with Crippen LogP contribution in [0.15, 0.2) is 30.5 Å². The summed E-state index contributed by atoms with van der Waals surface area (Å²) in [5, 5.41) is 7.46. The van der Waals surface area contributed by atoms with Crippen LogP contribution >= 0.6 is 0 Å². The Balaban J connectivity index is 1.72. The molecule has 2 heterocycles. The van der Waals surface area contributed by atoms with Gasteiger partial charge in [-0.3, -0.25) is 15.0 Å². The van der Waals surface area contributed by atoms with Crippen LogP contribution in [0.2, 0.25) is 0 Å². The van der Waals surface area contributed by atoms with E-state index >= 15 is 0 Å². The van der Waals surface area contributed by atoms with Gasteiger partial charge < -0.3 is 20.1 Å². The fraction of sp³-hybridized carbons (Fsp3) is 0.381. The highest BCUT2D eigenvalue weighted by Gasteiger charge is 2.27. The minimum absolute atomic E-state index is 0.0173. The molecular formula is C21H25N5O4. The molecule has 1 saturated heterocycles. The molecule has 1 aromatic heterocycles. The molecule has 0 atom stereocenters. The second-order valence-electron chi connectivity index (χ2n) is 7.12. The molecule has 0 aliphatic carbocycles. The third kappa shape index (κ3) is 4.73. The highest BCUT2D eigenvalue weighted by molar-refractivity contribution is 5.96. The van der Waals surface area contributed by atoms with E-state index < -0.39 is 0 Å². The Labute approximate surface area is 174 Å². The normalized spacial score (nSPS) is 14.3. The zero-order chi connectivity index (χ0) is 21.7. The maximum absolute atomic E-state index is 13.0. The first-order valence-corrected chi connectivity index (χ1v) is 9.65. The van der Waals surface area contributed by atoms with E-state index in [9.17, 15) is 9.59 Å². The Kier molecular flexibility index (Phi) is 6.61. The van der Waals surface area contributed by atoms with E-state index in [1.807, 2.05) is 0 Å². The van der Waals surface area contributed by atoms with E-state index in [-0.39, 0.29) is 29.5 Å². The molecule has 9 heteroatoms. The summed E-state index contributed by atoms with van der Waals surface area (Å²) in [5.41, 5.74) is 7.11. The molecule has 1 fully saturated rings. The summed E-state index contributed by atoms with van der Waals surface area (Å²) in [4.78, 5) is 34.9. The zero-order valence-corrected chi connectivity index (χ0v) is 17.1. The summed E-state index contributed by atoms with van der Waals surface area (Å²) < 4.78 is 10.1. The lowest BCUT2D eigenvalue weighted by Gasteiger charge is -2.31. The van der Waals surface area contributed by atoms with Crippen LogP contribution in [0, 0.1) is 11.3 Å². The van der Waals surface area contributed by atoms with Crippen molar-refractivity contribution in [2.45, 2.75) is 19.3 Å². The van der Waals surface area contributed by atoms with Gasteiger partial charge in [-0.1, -0.05) is 24.3 Å². The summed E-state index contributed by atoms with van der Waals surface area (Å²) in [5.74, 6) is 0.410. The SMILES string of the molecule is COC(=O)CC1CCN(C(=O)c2cnc(-c3ccc(C(=N)N)cc3)nc2OC)CC1. The van der Waals surface area contributed by atoms with Crippen LogP contribution in [0.4, 0.5) is 0 Å². The zero-order valence-electron chi connectivity index (χ0n) is 17.1. The maximum atomic E-state index is 13.0. The number of ether oxygens (including phenoxy) is 2. The topological polar surface area (TPSA) is 131 Å². The number of nitrogens with one attached hydrogen (secondary N) is 1. The van der Waals surface area contributed by atoms with Crippen LogP contribution in [0.1, 0.15) is 35.2 Å². The third-order valence-corrected chi connectivity index (χ3v) is 5.22. The van der Waals surface area contributed by atoms with Gasteiger partial charge in [0.25, 0.3) is 5.91 Å². The number of aromatic nitrogens is 2. The van der Waals surface area contributed by atoms with Gasteiger partial charge in [-0.15, -0.1) is 0 Å². The quantitative estimate of drug-likeness (QED) is 0.421. The average molecular weight is 411 g/mol. The highest BCUT2D eigenvalue weighted by atomic mass is 16.5. The first-order chi connectivity index (χ1) is 14.4. The Bertz CT molecular complexity index is 937. The Hall–Kier alpha value is -3.49. The number of carbonyl (C=O) groups excluding carboxylic acids is 2. The molecule has 1 aliphatic heterocycles. The van der Waals surface area contributed by atoms with Crippen molar-refractivity contribution in [3.05, 3.63) is 41.6 Å². The molecule has 3 N–H and O–H groups in total.